The zero-order chi connectivity index (χ0) is 31.9. The van der Waals surface area contributed by atoms with Gasteiger partial charge in [0.1, 0.15) is 23.0 Å². The van der Waals surface area contributed by atoms with Gasteiger partial charge in [-0.15, -0.1) is 11.8 Å². The molecule has 2 aliphatic rings. The molecule has 0 radical (unpaired) electrons. The van der Waals surface area contributed by atoms with Crippen LogP contribution in [0.1, 0.15) is 42.6 Å². The van der Waals surface area contributed by atoms with Crippen molar-refractivity contribution in [3.8, 4) is 11.5 Å². The first kappa shape index (κ1) is 31.1. The van der Waals surface area contributed by atoms with Crippen molar-refractivity contribution < 1.29 is 14.3 Å². The highest BCUT2D eigenvalue weighted by Crippen LogP contribution is 2.49. The SMILES string of the molecule is CNC(=O)c1cc(Oc2ccc(Nc3ncc(SC)c(Nc4cccc(NC(=O)C=CCC5CC6CCC5C6)c4)n3)cc2)ccn1. The molecule has 2 bridgehead atoms. The van der Waals surface area contributed by atoms with Crippen molar-refractivity contribution in [1.29, 1.82) is 0 Å². The van der Waals surface area contributed by atoms with Gasteiger partial charge in [-0.2, -0.15) is 4.98 Å². The summed E-state index contributed by atoms with van der Waals surface area (Å²) in [5.74, 6) is 4.28. The maximum atomic E-state index is 12.6. The van der Waals surface area contributed by atoms with Crippen molar-refractivity contribution in [2.24, 2.45) is 17.8 Å². The maximum absolute atomic E-state index is 12.6. The lowest BCUT2D eigenvalue weighted by Crippen LogP contribution is -2.18. The van der Waals surface area contributed by atoms with Crippen LogP contribution < -0.4 is 26.0 Å². The van der Waals surface area contributed by atoms with E-state index < -0.39 is 0 Å². The van der Waals surface area contributed by atoms with Crippen molar-refractivity contribution in [1.82, 2.24) is 20.3 Å². The number of thioether (sulfide) groups is 1. The Morgan fingerprint density at radius 1 is 0.957 bits per heavy atom. The Morgan fingerprint density at radius 2 is 1.80 bits per heavy atom. The standard InChI is InChI=1S/C35H37N7O3S/c1-36-34(44)30-20-29(15-16-37-30)45-28-13-11-25(12-14-28)41-35-38-21-31(46-2)33(42-35)40-27-7-4-6-26(19-27)39-32(43)8-3-5-23-17-22-9-10-24(23)18-22/h3-4,6-8,11-16,19-24H,5,9-10,17-18H2,1-2H3,(H,36,44)(H,39,43)(H2,38,40,41,42). The first-order valence-corrected chi connectivity index (χ1v) is 16.7. The van der Waals surface area contributed by atoms with Crippen LogP contribution in [-0.2, 0) is 4.79 Å². The smallest absolute Gasteiger partial charge is 0.269 e. The number of carbonyl (C=O) groups excluding carboxylic acids is 2. The Kier molecular flexibility index (Phi) is 9.78. The molecule has 46 heavy (non-hydrogen) atoms. The fourth-order valence-electron chi connectivity index (χ4n) is 6.28. The molecule has 2 aliphatic carbocycles. The number of allylic oxidation sites excluding steroid dienone is 1. The first-order chi connectivity index (χ1) is 22.4. The van der Waals surface area contributed by atoms with E-state index in [1.807, 2.05) is 60.9 Å². The molecule has 10 nitrogen and oxygen atoms in total. The third-order valence-corrected chi connectivity index (χ3v) is 9.24. The summed E-state index contributed by atoms with van der Waals surface area (Å²) >= 11 is 1.54. The molecule has 4 aromatic rings. The molecular formula is C35H37N7O3S. The molecule has 236 valence electrons. The average Bonchev–Trinajstić information content (AvgIpc) is 3.70. The molecule has 4 N–H and O–H groups in total. The summed E-state index contributed by atoms with van der Waals surface area (Å²) in [6.45, 7) is 0. The van der Waals surface area contributed by atoms with Gasteiger partial charge in [-0.25, -0.2) is 4.98 Å². The molecule has 2 aromatic heterocycles. The number of aromatic nitrogens is 3. The predicted octanol–water partition coefficient (Wildman–Crippen LogP) is 7.55. The van der Waals surface area contributed by atoms with Gasteiger partial charge in [0.2, 0.25) is 11.9 Å². The van der Waals surface area contributed by atoms with Crippen LogP contribution in [0.4, 0.5) is 28.8 Å². The number of amides is 2. The number of benzene rings is 2. The second-order valence-corrected chi connectivity index (χ2v) is 12.4. The van der Waals surface area contributed by atoms with Crippen LogP contribution in [-0.4, -0.2) is 40.1 Å². The Balaban J connectivity index is 1.06. The number of hydrogen-bond acceptors (Lipinski definition) is 9. The van der Waals surface area contributed by atoms with Crippen LogP contribution in [0.3, 0.4) is 0 Å². The number of ether oxygens (including phenoxy) is 1. The van der Waals surface area contributed by atoms with E-state index in [4.69, 9.17) is 9.72 Å². The van der Waals surface area contributed by atoms with Crippen LogP contribution in [0, 0.1) is 17.8 Å². The molecule has 3 unspecified atom stereocenters. The Morgan fingerprint density at radius 3 is 2.57 bits per heavy atom. The van der Waals surface area contributed by atoms with E-state index in [9.17, 15) is 9.59 Å². The van der Waals surface area contributed by atoms with E-state index in [0.717, 1.165) is 40.4 Å². The third-order valence-electron chi connectivity index (χ3n) is 8.50. The minimum atomic E-state index is -0.283. The highest BCUT2D eigenvalue weighted by Gasteiger charge is 2.38. The van der Waals surface area contributed by atoms with Gasteiger partial charge in [0.05, 0.1) is 4.90 Å². The van der Waals surface area contributed by atoms with Gasteiger partial charge in [-0.1, -0.05) is 18.6 Å². The maximum Gasteiger partial charge on any atom is 0.269 e. The average molecular weight is 636 g/mol. The van der Waals surface area contributed by atoms with Gasteiger partial charge in [-0.3, -0.25) is 14.6 Å². The second-order valence-electron chi connectivity index (χ2n) is 11.6. The Bertz CT molecular complexity index is 1730. The fourth-order valence-corrected chi connectivity index (χ4v) is 6.73. The van der Waals surface area contributed by atoms with Gasteiger partial charge in [0.15, 0.2) is 0 Å². The molecule has 0 saturated heterocycles. The minimum absolute atomic E-state index is 0.121. The van der Waals surface area contributed by atoms with Gasteiger partial charge in [0.25, 0.3) is 5.91 Å². The van der Waals surface area contributed by atoms with Gasteiger partial charge in [0, 0.05) is 42.6 Å². The fraction of sp³-hybridized carbons (Fsp3) is 0.286. The Labute approximate surface area is 272 Å². The van der Waals surface area contributed by atoms with E-state index in [1.54, 1.807) is 31.5 Å². The molecule has 2 fully saturated rings. The topological polar surface area (TPSA) is 130 Å². The summed E-state index contributed by atoms with van der Waals surface area (Å²) in [4.78, 5) is 38.6. The molecule has 0 aliphatic heterocycles. The van der Waals surface area contributed by atoms with Crippen LogP contribution in [0.25, 0.3) is 0 Å². The van der Waals surface area contributed by atoms with E-state index in [1.165, 1.54) is 43.6 Å². The molecule has 2 amide bonds. The summed E-state index contributed by atoms with van der Waals surface area (Å²) in [5, 5.41) is 12.1. The summed E-state index contributed by atoms with van der Waals surface area (Å²) in [5.41, 5.74) is 2.55. The lowest BCUT2D eigenvalue weighted by atomic mass is 9.86. The van der Waals surface area contributed by atoms with E-state index in [2.05, 4.69) is 31.2 Å². The van der Waals surface area contributed by atoms with Crippen LogP contribution in [0.2, 0.25) is 0 Å². The Hall–Kier alpha value is -4.90. The number of fused-ring (bicyclic) bond motifs is 2. The summed E-state index contributed by atoms with van der Waals surface area (Å²) in [6, 6.07) is 18.2. The molecule has 0 spiro atoms. The molecule has 6 rings (SSSR count). The van der Waals surface area contributed by atoms with Gasteiger partial charge >= 0.3 is 0 Å². The van der Waals surface area contributed by atoms with Crippen LogP contribution >= 0.6 is 11.8 Å². The number of anilines is 5. The second kappa shape index (κ2) is 14.5. The highest BCUT2D eigenvalue weighted by molar-refractivity contribution is 7.98. The van der Waals surface area contributed by atoms with Crippen molar-refractivity contribution >= 4 is 52.4 Å². The third kappa shape index (κ3) is 7.84. The van der Waals surface area contributed by atoms with Crippen molar-refractivity contribution in [3.05, 3.63) is 90.9 Å². The number of pyridine rings is 1. The van der Waals surface area contributed by atoms with Gasteiger partial charge < -0.3 is 26.0 Å². The summed E-state index contributed by atoms with van der Waals surface area (Å²) in [6.07, 6.45) is 15.4. The minimum Gasteiger partial charge on any atom is -0.457 e. The molecule has 3 atom stereocenters. The number of hydrogen-bond donors (Lipinski definition) is 4. The summed E-state index contributed by atoms with van der Waals surface area (Å²) in [7, 11) is 1.55. The van der Waals surface area contributed by atoms with Crippen molar-refractivity contribution in [2.75, 3.05) is 29.3 Å². The number of rotatable bonds is 12. The first-order valence-electron chi connectivity index (χ1n) is 15.4. The number of nitrogens with one attached hydrogen (secondary N) is 4. The lowest BCUT2D eigenvalue weighted by molar-refractivity contribution is -0.111. The number of nitrogens with zero attached hydrogens (tertiary/aromatic N) is 3. The monoisotopic (exact) mass is 635 g/mol. The van der Waals surface area contributed by atoms with Crippen molar-refractivity contribution in [3.63, 3.8) is 0 Å². The van der Waals surface area contributed by atoms with E-state index in [-0.39, 0.29) is 17.5 Å². The molecule has 11 heteroatoms. The normalized spacial score (nSPS) is 18.3. The summed E-state index contributed by atoms with van der Waals surface area (Å²) < 4.78 is 5.90. The lowest BCUT2D eigenvalue weighted by Gasteiger charge is -2.19. The highest BCUT2D eigenvalue weighted by atomic mass is 32.2. The quantitative estimate of drug-likeness (QED) is 0.0921. The zero-order valence-electron chi connectivity index (χ0n) is 25.8. The van der Waals surface area contributed by atoms with Crippen LogP contribution in [0.15, 0.2) is 90.1 Å². The predicted molar refractivity (Wildman–Crippen MR) is 182 cm³/mol. The molecule has 2 heterocycles. The zero-order valence-corrected chi connectivity index (χ0v) is 26.6. The molecule has 2 aromatic carbocycles. The van der Waals surface area contributed by atoms with E-state index >= 15 is 0 Å². The van der Waals surface area contributed by atoms with Crippen molar-refractivity contribution in [2.45, 2.75) is 37.0 Å². The van der Waals surface area contributed by atoms with E-state index in [0.29, 0.717) is 29.0 Å². The van der Waals surface area contributed by atoms with Gasteiger partial charge in [-0.05, 0) is 104 Å². The molecular weight excluding hydrogens is 598 g/mol. The number of carbonyl (C=O) groups is 2. The molecule has 2 saturated carbocycles. The van der Waals surface area contributed by atoms with Crippen LogP contribution in [0.5, 0.6) is 11.5 Å². The largest absolute Gasteiger partial charge is 0.457 e.